The summed E-state index contributed by atoms with van der Waals surface area (Å²) < 4.78 is 1.69. The lowest BCUT2D eigenvalue weighted by molar-refractivity contribution is -0.114. The average molecular weight is 290 g/mol. The Kier molecular flexibility index (Phi) is 2.87. The van der Waals surface area contributed by atoms with Crippen molar-refractivity contribution >= 4 is 29.0 Å². The molecule has 3 rings (SSSR count). The summed E-state index contributed by atoms with van der Waals surface area (Å²) in [6, 6.07) is 5.40. The fourth-order valence-electron chi connectivity index (χ4n) is 2.28. The maximum absolute atomic E-state index is 12.1. The highest BCUT2D eigenvalue weighted by Crippen LogP contribution is 2.31. The molecule has 0 unspecified atom stereocenters. The van der Waals surface area contributed by atoms with Crippen molar-refractivity contribution in [1.82, 2.24) is 9.55 Å². The van der Waals surface area contributed by atoms with E-state index in [4.69, 9.17) is 11.6 Å². The molecule has 2 heterocycles. The number of Topliss-reactive ketones (excluding diaryl/α,β-unsaturated/α-hetero) is 1. The fourth-order valence-corrected chi connectivity index (χ4v) is 2.43. The van der Waals surface area contributed by atoms with Crippen LogP contribution in [-0.4, -0.2) is 21.2 Å². The van der Waals surface area contributed by atoms with Crippen LogP contribution in [0, 0.1) is 6.92 Å². The summed E-state index contributed by atoms with van der Waals surface area (Å²) >= 11 is 5.93. The molecule has 5 nitrogen and oxygen atoms in total. The van der Waals surface area contributed by atoms with Crippen molar-refractivity contribution in [2.75, 3.05) is 4.90 Å². The number of aromatic nitrogens is 2. The minimum absolute atomic E-state index is 0.226. The van der Waals surface area contributed by atoms with Crippen molar-refractivity contribution in [2.45, 2.75) is 13.5 Å². The zero-order valence-corrected chi connectivity index (χ0v) is 11.8. The third kappa shape index (κ3) is 1.82. The highest BCUT2D eigenvalue weighted by atomic mass is 35.5. The van der Waals surface area contributed by atoms with Crippen LogP contribution in [0.5, 0.6) is 0 Å². The number of hydrogen-bond acceptors (Lipinski definition) is 3. The van der Waals surface area contributed by atoms with E-state index in [1.165, 1.54) is 11.1 Å². The summed E-state index contributed by atoms with van der Waals surface area (Å²) in [5.74, 6) is -0.363. The van der Waals surface area contributed by atoms with Gasteiger partial charge in [-0.1, -0.05) is 23.2 Å². The van der Waals surface area contributed by atoms with Gasteiger partial charge in [-0.3, -0.25) is 14.5 Å². The molecule has 1 aliphatic heterocycles. The van der Waals surface area contributed by atoms with Gasteiger partial charge in [-0.15, -0.1) is 0 Å². The van der Waals surface area contributed by atoms with Crippen molar-refractivity contribution < 1.29 is 9.59 Å². The van der Waals surface area contributed by atoms with Crippen LogP contribution >= 0.6 is 11.6 Å². The normalized spacial score (nSPS) is 14.1. The molecular formula is C14H12ClN3O2. The van der Waals surface area contributed by atoms with Gasteiger partial charge < -0.3 is 4.57 Å². The van der Waals surface area contributed by atoms with Crippen LogP contribution in [0.3, 0.4) is 0 Å². The fraction of sp³-hybridized carbons (Fsp3) is 0.214. The molecule has 1 aliphatic rings. The van der Waals surface area contributed by atoms with Crippen LogP contribution in [0.2, 0.25) is 5.15 Å². The van der Waals surface area contributed by atoms with Crippen LogP contribution in [0.1, 0.15) is 21.7 Å². The highest BCUT2D eigenvalue weighted by Gasteiger charge is 2.36. The smallest absolute Gasteiger partial charge is 0.299 e. The molecule has 0 aliphatic carbocycles. The van der Waals surface area contributed by atoms with E-state index in [9.17, 15) is 9.59 Å². The number of halogens is 1. The van der Waals surface area contributed by atoms with Crippen LogP contribution in [0.15, 0.2) is 24.4 Å². The van der Waals surface area contributed by atoms with E-state index in [-0.39, 0.29) is 6.54 Å². The van der Waals surface area contributed by atoms with Crippen LogP contribution in [0.4, 0.5) is 5.69 Å². The lowest BCUT2D eigenvalue weighted by Gasteiger charge is -2.16. The maximum atomic E-state index is 12.1. The molecule has 0 spiro atoms. The number of aryl methyl sites for hydroxylation is 1. The first-order valence-corrected chi connectivity index (χ1v) is 6.50. The Hall–Kier alpha value is -2.14. The van der Waals surface area contributed by atoms with E-state index in [0.717, 1.165) is 5.56 Å². The first kappa shape index (κ1) is 12.9. The van der Waals surface area contributed by atoms with Crippen molar-refractivity contribution in [2.24, 2.45) is 7.05 Å². The number of nitrogens with zero attached hydrogens (tertiary/aromatic N) is 3. The summed E-state index contributed by atoms with van der Waals surface area (Å²) in [4.78, 5) is 29.7. The average Bonchev–Trinajstić information content (AvgIpc) is 2.85. The molecular weight excluding hydrogens is 278 g/mol. The molecule has 102 valence electrons. The summed E-state index contributed by atoms with van der Waals surface area (Å²) in [6.07, 6.45) is 1.52. The van der Waals surface area contributed by atoms with Gasteiger partial charge in [0.25, 0.3) is 11.7 Å². The van der Waals surface area contributed by atoms with E-state index in [0.29, 0.717) is 22.2 Å². The van der Waals surface area contributed by atoms with Crippen LogP contribution in [0.25, 0.3) is 0 Å². The number of carbonyl (C=O) groups excluding carboxylic acids is 2. The standard InChI is InChI=1S/C14H12ClN3O2/c1-8-3-4-10-9(5-8)13(19)14(20)18(10)7-12-16-6-11(15)17(12)2/h3-6H,7H2,1-2H3. The summed E-state index contributed by atoms with van der Waals surface area (Å²) in [7, 11) is 1.77. The Morgan fingerprint density at radius 3 is 2.70 bits per heavy atom. The van der Waals surface area contributed by atoms with Gasteiger partial charge in [0.15, 0.2) is 0 Å². The van der Waals surface area contributed by atoms with E-state index in [1.54, 1.807) is 23.7 Å². The number of imidazole rings is 1. The number of fused-ring (bicyclic) bond motifs is 1. The summed E-state index contributed by atoms with van der Waals surface area (Å²) in [6.45, 7) is 2.11. The molecule has 6 heteroatoms. The number of rotatable bonds is 2. The molecule has 0 saturated carbocycles. The quantitative estimate of drug-likeness (QED) is 0.796. The van der Waals surface area contributed by atoms with E-state index in [2.05, 4.69) is 4.98 Å². The van der Waals surface area contributed by atoms with Gasteiger partial charge in [-0.2, -0.15) is 0 Å². The Morgan fingerprint density at radius 1 is 1.30 bits per heavy atom. The lowest BCUT2D eigenvalue weighted by Crippen LogP contribution is -2.30. The molecule has 20 heavy (non-hydrogen) atoms. The van der Waals surface area contributed by atoms with Gasteiger partial charge in [0.05, 0.1) is 24.0 Å². The van der Waals surface area contributed by atoms with E-state index >= 15 is 0 Å². The molecule has 0 radical (unpaired) electrons. The van der Waals surface area contributed by atoms with Gasteiger partial charge >= 0.3 is 0 Å². The Labute approximate surface area is 120 Å². The minimum Gasteiger partial charge on any atom is -0.321 e. The number of anilines is 1. The third-order valence-electron chi connectivity index (χ3n) is 3.45. The highest BCUT2D eigenvalue weighted by molar-refractivity contribution is 6.52. The lowest BCUT2D eigenvalue weighted by atomic mass is 10.1. The number of carbonyl (C=O) groups is 2. The zero-order chi connectivity index (χ0) is 14.4. The first-order valence-electron chi connectivity index (χ1n) is 6.12. The van der Waals surface area contributed by atoms with Gasteiger partial charge in [0.2, 0.25) is 0 Å². The molecule has 0 atom stereocenters. The van der Waals surface area contributed by atoms with Gasteiger partial charge in [0, 0.05) is 7.05 Å². The predicted octanol–water partition coefficient (Wildman–Crippen LogP) is 2.11. The second kappa shape index (κ2) is 4.45. The van der Waals surface area contributed by atoms with E-state index < -0.39 is 11.7 Å². The second-order valence-corrected chi connectivity index (χ2v) is 5.18. The molecule has 0 fully saturated rings. The van der Waals surface area contributed by atoms with Crippen molar-refractivity contribution in [3.63, 3.8) is 0 Å². The minimum atomic E-state index is -0.523. The SMILES string of the molecule is Cc1ccc2c(c1)C(=O)C(=O)N2Cc1ncc(Cl)n1C. The van der Waals surface area contributed by atoms with E-state index in [1.807, 2.05) is 13.0 Å². The van der Waals surface area contributed by atoms with Gasteiger partial charge in [-0.05, 0) is 19.1 Å². The number of ketones is 1. The molecule has 0 N–H and O–H groups in total. The van der Waals surface area contributed by atoms with Crippen molar-refractivity contribution in [3.8, 4) is 0 Å². The van der Waals surface area contributed by atoms with Crippen LogP contribution < -0.4 is 4.90 Å². The number of amides is 1. The number of hydrogen-bond donors (Lipinski definition) is 0. The largest absolute Gasteiger partial charge is 0.321 e. The van der Waals surface area contributed by atoms with Crippen LogP contribution in [-0.2, 0) is 18.4 Å². The monoisotopic (exact) mass is 289 g/mol. The maximum Gasteiger partial charge on any atom is 0.299 e. The molecule has 1 amide bonds. The Morgan fingerprint density at radius 2 is 2.05 bits per heavy atom. The molecule has 0 bridgehead atoms. The molecule has 1 aromatic heterocycles. The topological polar surface area (TPSA) is 55.2 Å². The predicted molar refractivity (Wildman–Crippen MR) is 74.9 cm³/mol. The van der Waals surface area contributed by atoms with Crippen molar-refractivity contribution in [3.05, 3.63) is 46.5 Å². The second-order valence-electron chi connectivity index (χ2n) is 4.80. The van der Waals surface area contributed by atoms with Crippen molar-refractivity contribution in [1.29, 1.82) is 0 Å². The molecule has 1 aromatic carbocycles. The first-order chi connectivity index (χ1) is 9.49. The summed E-state index contributed by atoms with van der Waals surface area (Å²) in [5, 5.41) is 0.488. The Bertz CT molecular complexity index is 736. The summed E-state index contributed by atoms with van der Waals surface area (Å²) in [5.41, 5.74) is 2.03. The number of benzene rings is 1. The molecule has 0 saturated heterocycles. The van der Waals surface area contributed by atoms with Gasteiger partial charge in [-0.25, -0.2) is 4.98 Å². The Balaban J connectivity index is 2.01. The van der Waals surface area contributed by atoms with Gasteiger partial charge in [0.1, 0.15) is 11.0 Å². The zero-order valence-electron chi connectivity index (χ0n) is 11.1. The molecule has 2 aromatic rings. The third-order valence-corrected chi connectivity index (χ3v) is 3.81.